The zero-order chi connectivity index (χ0) is 24.4. The van der Waals surface area contributed by atoms with Crippen LogP contribution in [0.1, 0.15) is 62.8 Å². The van der Waals surface area contributed by atoms with Crippen molar-refractivity contribution < 1.29 is 18.3 Å². The number of halogens is 4. The molecule has 2 N–H and O–H groups in total. The minimum absolute atomic E-state index is 0.0379. The Hall–Kier alpha value is -2.32. The number of fused-ring (bicyclic) bond motifs is 1. The van der Waals surface area contributed by atoms with E-state index in [1.807, 2.05) is 0 Å². The van der Waals surface area contributed by atoms with Crippen molar-refractivity contribution in [1.29, 1.82) is 0 Å². The number of nitrogens with one attached hydrogen (secondary N) is 1. The van der Waals surface area contributed by atoms with Crippen LogP contribution in [-0.2, 0) is 12.6 Å². The Morgan fingerprint density at radius 1 is 1.06 bits per heavy atom. The third-order valence-corrected chi connectivity index (χ3v) is 8.24. The topological polar surface area (TPSA) is 62.5 Å². The van der Waals surface area contributed by atoms with Crippen LogP contribution in [0.2, 0.25) is 5.02 Å². The van der Waals surface area contributed by atoms with Crippen LogP contribution in [0.4, 0.5) is 18.9 Å². The maximum Gasteiger partial charge on any atom is 0.420 e. The lowest BCUT2D eigenvalue weighted by Crippen LogP contribution is -2.40. The third-order valence-electron chi connectivity index (χ3n) is 7.93. The molecule has 0 atom stereocenters. The smallest absolute Gasteiger partial charge is 0.390 e. The summed E-state index contributed by atoms with van der Waals surface area (Å²) in [6, 6.07) is 6.65. The molecule has 35 heavy (non-hydrogen) atoms. The first-order chi connectivity index (χ1) is 16.7. The molecule has 1 aromatic carbocycles. The average molecular weight is 505 g/mol. The minimum atomic E-state index is -4.59. The van der Waals surface area contributed by atoms with Crippen LogP contribution in [0, 0.1) is 11.8 Å². The van der Waals surface area contributed by atoms with E-state index < -0.39 is 17.3 Å². The Bertz CT molecular complexity index is 1260. The Labute approximate surface area is 206 Å². The van der Waals surface area contributed by atoms with Crippen molar-refractivity contribution in [3.8, 4) is 11.1 Å². The summed E-state index contributed by atoms with van der Waals surface area (Å²) in [5.41, 5.74) is -0.378. The van der Waals surface area contributed by atoms with Gasteiger partial charge in [0.2, 0.25) is 0 Å². The maximum atomic E-state index is 14.2. The average Bonchev–Trinajstić information content (AvgIpc) is 3.74. The SMILES string of the molecule is O[C@]1(C2CC2)CC[C@@H](Nc2ccc(-c3ccn4c(CC5CC5)nnc4c3C(F)(F)F)cc2Cl)CC1. The predicted octanol–water partition coefficient (Wildman–Crippen LogP) is 6.52. The number of rotatable bonds is 6. The first-order valence-corrected chi connectivity index (χ1v) is 12.8. The van der Waals surface area contributed by atoms with Gasteiger partial charge in [0, 0.05) is 18.7 Å². The fourth-order valence-electron chi connectivity index (χ4n) is 5.55. The number of pyridine rings is 1. The fourth-order valence-corrected chi connectivity index (χ4v) is 5.79. The molecule has 2 aromatic heterocycles. The van der Waals surface area contributed by atoms with Crippen LogP contribution >= 0.6 is 11.6 Å². The highest BCUT2D eigenvalue weighted by Gasteiger charge is 2.45. The lowest BCUT2D eigenvalue weighted by molar-refractivity contribution is -0.136. The number of aromatic nitrogens is 3. The molecule has 3 aliphatic carbocycles. The van der Waals surface area contributed by atoms with Gasteiger partial charge >= 0.3 is 6.18 Å². The van der Waals surface area contributed by atoms with E-state index in [0.717, 1.165) is 51.4 Å². The molecule has 2 heterocycles. The summed E-state index contributed by atoms with van der Waals surface area (Å²) in [6.07, 6.45) is 5.29. The Balaban J connectivity index is 1.26. The Morgan fingerprint density at radius 3 is 2.43 bits per heavy atom. The van der Waals surface area contributed by atoms with Gasteiger partial charge in [0.1, 0.15) is 11.4 Å². The molecule has 0 unspecified atom stereocenters. The summed E-state index contributed by atoms with van der Waals surface area (Å²) < 4.78 is 44.1. The second kappa shape index (κ2) is 8.37. The van der Waals surface area contributed by atoms with E-state index in [4.69, 9.17) is 11.6 Å². The zero-order valence-corrected chi connectivity index (χ0v) is 20.0. The summed E-state index contributed by atoms with van der Waals surface area (Å²) >= 11 is 6.54. The summed E-state index contributed by atoms with van der Waals surface area (Å²) in [4.78, 5) is 0. The number of hydrogen-bond acceptors (Lipinski definition) is 4. The quantitative estimate of drug-likeness (QED) is 0.401. The molecule has 6 rings (SSSR count). The minimum Gasteiger partial charge on any atom is -0.390 e. The standard InChI is InChI=1S/C26H28ClF3N4O/c27-20-14-16(3-6-21(20)31-18-7-10-25(35,11-8-18)17-4-5-17)19-9-12-34-22(13-15-1-2-15)32-33-24(34)23(19)26(28,29)30/h3,6,9,12,14-15,17-18,31,35H,1-2,4-5,7-8,10-11,13H2/t18-,25-. The molecule has 3 aromatic rings. The van der Waals surface area contributed by atoms with E-state index >= 15 is 0 Å². The molecule has 0 saturated heterocycles. The monoisotopic (exact) mass is 504 g/mol. The number of hydrogen-bond donors (Lipinski definition) is 2. The molecule has 3 fully saturated rings. The third kappa shape index (κ3) is 4.51. The number of benzene rings is 1. The molecular formula is C26H28ClF3N4O. The molecule has 3 saturated carbocycles. The summed E-state index contributed by atoms with van der Waals surface area (Å²) in [6.45, 7) is 0. The van der Waals surface area contributed by atoms with Gasteiger partial charge in [-0.3, -0.25) is 4.40 Å². The number of alkyl halides is 3. The van der Waals surface area contributed by atoms with E-state index in [-0.39, 0.29) is 17.3 Å². The van der Waals surface area contributed by atoms with Crippen LogP contribution in [0.15, 0.2) is 30.5 Å². The van der Waals surface area contributed by atoms with E-state index in [9.17, 15) is 18.3 Å². The maximum absolute atomic E-state index is 14.2. The van der Waals surface area contributed by atoms with Crippen LogP contribution in [-0.4, -0.2) is 31.3 Å². The molecule has 5 nitrogen and oxygen atoms in total. The van der Waals surface area contributed by atoms with E-state index in [0.29, 0.717) is 40.4 Å². The molecule has 0 spiro atoms. The predicted molar refractivity (Wildman–Crippen MR) is 128 cm³/mol. The van der Waals surface area contributed by atoms with Gasteiger partial charge in [-0.15, -0.1) is 10.2 Å². The van der Waals surface area contributed by atoms with Gasteiger partial charge in [0.25, 0.3) is 0 Å². The van der Waals surface area contributed by atoms with E-state index in [1.165, 1.54) is 10.5 Å². The molecular weight excluding hydrogens is 477 g/mol. The van der Waals surface area contributed by atoms with Crippen molar-refractivity contribution in [1.82, 2.24) is 14.6 Å². The van der Waals surface area contributed by atoms with Gasteiger partial charge in [-0.25, -0.2) is 0 Å². The zero-order valence-electron chi connectivity index (χ0n) is 19.3. The van der Waals surface area contributed by atoms with Crippen molar-refractivity contribution >= 4 is 22.9 Å². The normalized spacial score (nSPS) is 25.2. The van der Waals surface area contributed by atoms with Crippen molar-refractivity contribution in [2.45, 2.75) is 75.6 Å². The molecule has 186 valence electrons. The molecule has 3 aliphatic rings. The number of anilines is 1. The van der Waals surface area contributed by atoms with Gasteiger partial charge < -0.3 is 10.4 Å². The number of aliphatic hydroxyl groups is 1. The van der Waals surface area contributed by atoms with Crippen LogP contribution in [0.5, 0.6) is 0 Å². The largest absolute Gasteiger partial charge is 0.420 e. The lowest BCUT2D eigenvalue weighted by atomic mass is 9.79. The highest BCUT2D eigenvalue weighted by molar-refractivity contribution is 6.33. The van der Waals surface area contributed by atoms with Gasteiger partial charge in [0.05, 0.1) is 16.3 Å². The van der Waals surface area contributed by atoms with E-state index in [2.05, 4.69) is 15.5 Å². The second-order valence-electron chi connectivity index (χ2n) is 10.6. The van der Waals surface area contributed by atoms with Gasteiger partial charge in [-0.1, -0.05) is 17.7 Å². The summed E-state index contributed by atoms with van der Waals surface area (Å²) in [7, 11) is 0. The van der Waals surface area contributed by atoms with Crippen molar-refractivity contribution in [3.05, 3.63) is 46.9 Å². The van der Waals surface area contributed by atoms with Crippen LogP contribution < -0.4 is 5.32 Å². The van der Waals surface area contributed by atoms with E-state index in [1.54, 1.807) is 24.4 Å². The Kier molecular flexibility index (Phi) is 5.53. The second-order valence-corrected chi connectivity index (χ2v) is 11.0. The molecule has 0 amide bonds. The van der Waals surface area contributed by atoms with Gasteiger partial charge in [-0.2, -0.15) is 13.2 Å². The molecule has 0 radical (unpaired) electrons. The fraction of sp³-hybridized carbons (Fsp3) is 0.538. The number of nitrogens with zero attached hydrogens (tertiary/aromatic N) is 3. The first kappa shape index (κ1) is 23.1. The molecule has 0 aliphatic heterocycles. The van der Waals surface area contributed by atoms with Gasteiger partial charge in [-0.05, 0) is 92.5 Å². The summed E-state index contributed by atoms with van der Waals surface area (Å²) in [5.74, 6) is 1.50. The highest BCUT2D eigenvalue weighted by Crippen LogP contribution is 2.48. The van der Waals surface area contributed by atoms with Crippen molar-refractivity contribution in [2.24, 2.45) is 11.8 Å². The Morgan fingerprint density at radius 2 is 1.80 bits per heavy atom. The molecule has 9 heteroatoms. The van der Waals surface area contributed by atoms with Crippen molar-refractivity contribution in [2.75, 3.05) is 5.32 Å². The lowest BCUT2D eigenvalue weighted by Gasteiger charge is -2.37. The van der Waals surface area contributed by atoms with Gasteiger partial charge in [0.15, 0.2) is 5.65 Å². The van der Waals surface area contributed by atoms with Crippen molar-refractivity contribution in [3.63, 3.8) is 0 Å². The summed E-state index contributed by atoms with van der Waals surface area (Å²) in [5, 5.41) is 22.6. The van der Waals surface area contributed by atoms with Crippen LogP contribution in [0.3, 0.4) is 0 Å². The molecule has 0 bridgehead atoms. The van der Waals surface area contributed by atoms with Crippen LogP contribution in [0.25, 0.3) is 16.8 Å². The highest BCUT2D eigenvalue weighted by atomic mass is 35.5. The first-order valence-electron chi connectivity index (χ1n) is 12.4.